The molecule has 0 unspecified atom stereocenters. The average molecular weight is 382 g/mol. The standard InChI is InChI=1S/C16H11BrCl2N2/c1-8-6-11(18)3-4-12(8)16-20-14-9(2)5-10(17)7-13(14)15(19)21-16/h3-7H,1-2H3. The number of fused-ring (bicyclic) bond motifs is 1. The van der Waals surface area contributed by atoms with Gasteiger partial charge >= 0.3 is 0 Å². The van der Waals surface area contributed by atoms with Gasteiger partial charge in [-0.05, 0) is 55.3 Å². The van der Waals surface area contributed by atoms with Crippen LogP contribution in [-0.2, 0) is 0 Å². The Bertz CT molecular complexity index is 863. The molecule has 1 aromatic heterocycles. The van der Waals surface area contributed by atoms with Crippen LogP contribution in [0.25, 0.3) is 22.3 Å². The SMILES string of the molecule is Cc1cc(Cl)ccc1-c1nc(Cl)c2cc(Br)cc(C)c2n1. The summed E-state index contributed by atoms with van der Waals surface area (Å²) in [5, 5.41) is 2.00. The summed E-state index contributed by atoms with van der Waals surface area (Å²) in [6.45, 7) is 3.99. The molecule has 0 aliphatic heterocycles. The smallest absolute Gasteiger partial charge is 0.161 e. The van der Waals surface area contributed by atoms with Gasteiger partial charge in [-0.1, -0.05) is 39.1 Å². The zero-order valence-corrected chi connectivity index (χ0v) is 14.5. The Labute approximate surface area is 141 Å². The Morgan fingerprint density at radius 3 is 2.43 bits per heavy atom. The highest BCUT2D eigenvalue weighted by atomic mass is 79.9. The van der Waals surface area contributed by atoms with Crippen LogP contribution in [0.15, 0.2) is 34.8 Å². The van der Waals surface area contributed by atoms with E-state index in [2.05, 4.69) is 25.9 Å². The molecule has 3 aromatic rings. The summed E-state index contributed by atoms with van der Waals surface area (Å²) < 4.78 is 0.966. The Morgan fingerprint density at radius 1 is 0.952 bits per heavy atom. The lowest BCUT2D eigenvalue weighted by Crippen LogP contribution is -1.95. The van der Waals surface area contributed by atoms with Gasteiger partial charge in [-0.25, -0.2) is 9.97 Å². The highest BCUT2D eigenvalue weighted by molar-refractivity contribution is 9.10. The molecule has 0 spiro atoms. The van der Waals surface area contributed by atoms with Crippen molar-refractivity contribution >= 4 is 50.0 Å². The van der Waals surface area contributed by atoms with E-state index in [1.807, 2.05) is 44.2 Å². The summed E-state index contributed by atoms with van der Waals surface area (Å²) in [6.07, 6.45) is 0. The van der Waals surface area contributed by atoms with Crippen LogP contribution in [0.3, 0.4) is 0 Å². The quantitative estimate of drug-likeness (QED) is 0.484. The molecule has 0 amide bonds. The van der Waals surface area contributed by atoms with Gasteiger partial charge in [-0.15, -0.1) is 0 Å². The molecule has 1 heterocycles. The normalized spacial score (nSPS) is 11.1. The van der Waals surface area contributed by atoms with Crippen LogP contribution in [0, 0.1) is 13.8 Å². The number of aromatic nitrogens is 2. The van der Waals surface area contributed by atoms with Crippen LogP contribution >= 0.6 is 39.1 Å². The van der Waals surface area contributed by atoms with Gasteiger partial charge in [0.2, 0.25) is 0 Å². The van der Waals surface area contributed by atoms with Crippen LogP contribution in [-0.4, -0.2) is 9.97 Å². The molecule has 5 heteroatoms. The molecule has 2 nitrogen and oxygen atoms in total. The molecule has 0 saturated carbocycles. The fourth-order valence-electron chi connectivity index (χ4n) is 2.32. The number of hydrogen-bond acceptors (Lipinski definition) is 2. The first-order valence-electron chi connectivity index (χ1n) is 6.35. The van der Waals surface area contributed by atoms with Crippen molar-refractivity contribution in [2.75, 3.05) is 0 Å². The van der Waals surface area contributed by atoms with Crippen LogP contribution in [0.2, 0.25) is 10.2 Å². The Morgan fingerprint density at radius 2 is 1.71 bits per heavy atom. The lowest BCUT2D eigenvalue weighted by Gasteiger charge is -2.09. The molecule has 0 atom stereocenters. The second-order valence-electron chi connectivity index (χ2n) is 4.92. The minimum Gasteiger partial charge on any atom is -0.228 e. The average Bonchev–Trinajstić information content (AvgIpc) is 2.40. The number of benzene rings is 2. The van der Waals surface area contributed by atoms with Crippen molar-refractivity contribution in [1.82, 2.24) is 9.97 Å². The van der Waals surface area contributed by atoms with Gasteiger partial charge in [0.05, 0.1) is 5.52 Å². The zero-order chi connectivity index (χ0) is 15.1. The van der Waals surface area contributed by atoms with Gasteiger partial charge < -0.3 is 0 Å². The molecule has 0 aliphatic rings. The highest BCUT2D eigenvalue weighted by Crippen LogP contribution is 2.31. The highest BCUT2D eigenvalue weighted by Gasteiger charge is 2.12. The Kier molecular flexibility index (Phi) is 3.91. The van der Waals surface area contributed by atoms with Crippen LogP contribution < -0.4 is 0 Å². The van der Waals surface area contributed by atoms with E-state index < -0.39 is 0 Å². The summed E-state index contributed by atoms with van der Waals surface area (Å²) in [4.78, 5) is 9.11. The van der Waals surface area contributed by atoms with E-state index in [1.54, 1.807) is 0 Å². The monoisotopic (exact) mass is 380 g/mol. The maximum absolute atomic E-state index is 6.34. The van der Waals surface area contributed by atoms with Crippen molar-refractivity contribution in [3.8, 4) is 11.4 Å². The summed E-state index contributed by atoms with van der Waals surface area (Å²) in [7, 11) is 0. The van der Waals surface area contributed by atoms with Crippen molar-refractivity contribution in [2.45, 2.75) is 13.8 Å². The lowest BCUT2D eigenvalue weighted by atomic mass is 10.1. The molecule has 0 saturated heterocycles. The Hall–Kier alpha value is -1.16. The number of nitrogens with zero attached hydrogens (tertiary/aromatic N) is 2. The second kappa shape index (κ2) is 5.56. The molecular weight excluding hydrogens is 371 g/mol. The molecule has 0 aliphatic carbocycles. The third kappa shape index (κ3) is 2.78. The van der Waals surface area contributed by atoms with Gasteiger partial charge in [-0.2, -0.15) is 0 Å². The summed E-state index contributed by atoms with van der Waals surface area (Å²) in [6, 6.07) is 9.60. The van der Waals surface area contributed by atoms with Crippen molar-refractivity contribution in [1.29, 1.82) is 0 Å². The maximum atomic E-state index is 6.34. The molecule has 3 rings (SSSR count). The van der Waals surface area contributed by atoms with Crippen molar-refractivity contribution < 1.29 is 0 Å². The summed E-state index contributed by atoms with van der Waals surface area (Å²) in [5.41, 5.74) is 3.87. The molecular formula is C16H11BrCl2N2. The van der Waals surface area contributed by atoms with E-state index in [9.17, 15) is 0 Å². The van der Waals surface area contributed by atoms with Crippen molar-refractivity contribution in [3.63, 3.8) is 0 Å². The van der Waals surface area contributed by atoms with Crippen molar-refractivity contribution in [3.05, 3.63) is 56.1 Å². The third-order valence-corrected chi connectivity index (χ3v) is 4.32. The van der Waals surface area contributed by atoms with Crippen LogP contribution in [0.4, 0.5) is 0 Å². The van der Waals surface area contributed by atoms with Crippen LogP contribution in [0.1, 0.15) is 11.1 Å². The predicted molar refractivity (Wildman–Crippen MR) is 92.2 cm³/mol. The minimum atomic E-state index is 0.453. The van der Waals surface area contributed by atoms with E-state index in [4.69, 9.17) is 23.2 Å². The van der Waals surface area contributed by atoms with Gasteiger partial charge in [0.25, 0.3) is 0 Å². The molecule has 0 fully saturated rings. The number of hydrogen-bond donors (Lipinski definition) is 0. The zero-order valence-electron chi connectivity index (χ0n) is 11.4. The number of aryl methyl sites for hydroxylation is 2. The number of halogens is 3. The number of rotatable bonds is 1. The van der Waals surface area contributed by atoms with Gasteiger partial charge in [0, 0.05) is 20.4 Å². The van der Waals surface area contributed by atoms with Gasteiger partial charge in [-0.3, -0.25) is 0 Å². The van der Waals surface area contributed by atoms with E-state index in [0.29, 0.717) is 16.0 Å². The summed E-state index contributed by atoms with van der Waals surface area (Å²) >= 11 is 15.8. The van der Waals surface area contributed by atoms with E-state index in [0.717, 1.165) is 32.1 Å². The molecule has 0 radical (unpaired) electrons. The third-order valence-electron chi connectivity index (χ3n) is 3.34. The largest absolute Gasteiger partial charge is 0.228 e. The van der Waals surface area contributed by atoms with E-state index >= 15 is 0 Å². The fraction of sp³-hybridized carbons (Fsp3) is 0.125. The summed E-state index contributed by atoms with van der Waals surface area (Å²) in [5.74, 6) is 0.618. The molecule has 0 bridgehead atoms. The second-order valence-corrected chi connectivity index (χ2v) is 6.63. The lowest BCUT2D eigenvalue weighted by molar-refractivity contribution is 1.20. The van der Waals surface area contributed by atoms with E-state index in [-0.39, 0.29) is 0 Å². The first-order chi connectivity index (χ1) is 9.95. The first kappa shape index (κ1) is 14.8. The topological polar surface area (TPSA) is 25.8 Å². The van der Waals surface area contributed by atoms with E-state index in [1.165, 1.54) is 0 Å². The molecule has 21 heavy (non-hydrogen) atoms. The fourth-order valence-corrected chi connectivity index (χ4v) is 3.35. The molecule has 106 valence electrons. The minimum absolute atomic E-state index is 0.453. The van der Waals surface area contributed by atoms with Gasteiger partial charge in [0.1, 0.15) is 5.15 Å². The van der Waals surface area contributed by atoms with Crippen molar-refractivity contribution in [2.24, 2.45) is 0 Å². The van der Waals surface area contributed by atoms with Crippen LogP contribution in [0.5, 0.6) is 0 Å². The predicted octanol–water partition coefficient (Wildman–Crippen LogP) is 5.98. The molecule has 2 aromatic carbocycles. The maximum Gasteiger partial charge on any atom is 0.161 e. The van der Waals surface area contributed by atoms with Gasteiger partial charge in [0.15, 0.2) is 5.82 Å². The first-order valence-corrected chi connectivity index (χ1v) is 7.90. The Balaban J connectivity index is 2.30. The molecule has 0 N–H and O–H groups in total.